The summed E-state index contributed by atoms with van der Waals surface area (Å²) in [5, 5.41) is 7.23. The predicted octanol–water partition coefficient (Wildman–Crippen LogP) is 2.34. The van der Waals surface area contributed by atoms with Gasteiger partial charge < -0.3 is 10.2 Å². The molecule has 3 heterocycles. The molecule has 0 saturated heterocycles. The highest BCUT2D eigenvalue weighted by molar-refractivity contribution is 6.01. The summed E-state index contributed by atoms with van der Waals surface area (Å²) >= 11 is 0. The van der Waals surface area contributed by atoms with Crippen molar-refractivity contribution in [3.8, 4) is 0 Å². The molecule has 1 aromatic carbocycles. The molecule has 0 saturated carbocycles. The smallest absolute Gasteiger partial charge is 0.270 e. The standard InChI is InChI=1S/C19H18N4O2/c1-12(13-5-7-16-14(10-13)11-18(24)22(16)2)21-19(25)17-8-6-15-4-3-9-20-23(15)17/h3-10,12H,11H2,1-2H3,(H,21,25). The Morgan fingerprint density at radius 1 is 1.24 bits per heavy atom. The molecule has 0 radical (unpaired) electrons. The van der Waals surface area contributed by atoms with Crippen LogP contribution in [0.3, 0.4) is 0 Å². The summed E-state index contributed by atoms with van der Waals surface area (Å²) in [6.07, 6.45) is 2.06. The largest absolute Gasteiger partial charge is 0.344 e. The Balaban J connectivity index is 1.56. The molecule has 1 aliphatic heterocycles. The molecule has 2 amide bonds. The fourth-order valence-electron chi connectivity index (χ4n) is 3.23. The summed E-state index contributed by atoms with van der Waals surface area (Å²) in [6, 6.07) is 13.1. The SMILES string of the molecule is CC(NC(=O)c1ccc2cccnn12)c1ccc2c(c1)CC(=O)N2C. The molecular weight excluding hydrogens is 316 g/mol. The molecule has 0 bridgehead atoms. The maximum Gasteiger partial charge on any atom is 0.270 e. The van der Waals surface area contributed by atoms with Gasteiger partial charge in [0.2, 0.25) is 5.91 Å². The first-order chi connectivity index (χ1) is 12.0. The maximum atomic E-state index is 12.6. The van der Waals surface area contributed by atoms with E-state index in [0.29, 0.717) is 12.1 Å². The molecule has 0 fully saturated rings. The molecule has 25 heavy (non-hydrogen) atoms. The van der Waals surface area contributed by atoms with Crippen molar-refractivity contribution in [1.82, 2.24) is 14.9 Å². The lowest BCUT2D eigenvalue weighted by molar-refractivity contribution is -0.117. The van der Waals surface area contributed by atoms with Gasteiger partial charge in [0.05, 0.1) is 18.0 Å². The second-order valence-corrected chi connectivity index (χ2v) is 6.29. The van der Waals surface area contributed by atoms with Crippen molar-refractivity contribution in [1.29, 1.82) is 0 Å². The second kappa shape index (κ2) is 5.73. The highest BCUT2D eigenvalue weighted by Crippen LogP contribution is 2.30. The van der Waals surface area contributed by atoms with Gasteiger partial charge in [0.1, 0.15) is 5.69 Å². The van der Waals surface area contributed by atoms with Gasteiger partial charge in [-0.1, -0.05) is 12.1 Å². The number of anilines is 1. The van der Waals surface area contributed by atoms with Crippen LogP contribution in [-0.2, 0) is 11.2 Å². The molecule has 6 heteroatoms. The fraction of sp³-hybridized carbons (Fsp3) is 0.211. The molecule has 1 unspecified atom stereocenters. The molecule has 0 aliphatic carbocycles. The number of rotatable bonds is 3. The summed E-state index contributed by atoms with van der Waals surface area (Å²) in [5.74, 6) is -0.0885. The van der Waals surface area contributed by atoms with Crippen molar-refractivity contribution in [3.05, 3.63) is 65.5 Å². The molecule has 0 spiro atoms. The molecular formula is C19H18N4O2. The van der Waals surface area contributed by atoms with Gasteiger partial charge in [-0.3, -0.25) is 9.59 Å². The normalized spacial score (nSPS) is 14.6. The van der Waals surface area contributed by atoms with Crippen LogP contribution in [0.1, 0.15) is 34.6 Å². The van der Waals surface area contributed by atoms with Gasteiger partial charge in [0.25, 0.3) is 5.91 Å². The van der Waals surface area contributed by atoms with Crippen molar-refractivity contribution in [3.63, 3.8) is 0 Å². The highest BCUT2D eigenvalue weighted by atomic mass is 16.2. The first-order valence-electron chi connectivity index (χ1n) is 8.17. The monoisotopic (exact) mass is 334 g/mol. The van der Waals surface area contributed by atoms with Crippen LogP contribution in [0.5, 0.6) is 0 Å². The minimum Gasteiger partial charge on any atom is -0.344 e. The van der Waals surface area contributed by atoms with E-state index in [2.05, 4.69) is 10.4 Å². The van der Waals surface area contributed by atoms with Gasteiger partial charge in [-0.05, 0) is 48.4 Å². The van der Waals surface area contributed by atoms with E-state index in [1.54, 1.807) is 28.7 Å². The lowest BCUT2D eigenvalue weighted by atomic mass is 10.0. The number of nitrogens with zero attached hydrogens (tertiary/aromatic N) is 3. The number of aromatic nitrogens is 2. The zero-order chi connectivity index (χ0) is 17.6. The van der Waals surface area contributed by atoms with Gasteiger partial charge >= 0.3 is 0 Å². The lowest BCUT2D eigenvalue weighted by Gasteiger charge is -2.16. The van der Waals surface area contributed by atoms with E-state index < -0.39 is 0 Å². The number of carbonyl (C=O) groups excluding carboxylic acids is 2. The van der Waals surface area contributed by atoms with Crippen LogP contribution in [0, 0.1) is 0 Å². The van der Waals surface area contributed by atoms with Gasteiger partial charge in [0, 0.05) is 18.9 Å². The van der Waals surface area contributed by atoms with E-state index in [9.17, 15) is 9.59 Å². The van der Waals surface area contributed by atoms with Crippen molar-refractivity contribution < 1.29 is 9.59 Å². The predicted molar refractivity (Wildman–Crippen MR) is 94.6 cm³/mol. The Kier molecular flexibility index (Phi) is 3.53. The molecule has 1 aliphatic rings. The number of benzene rings is 1. The number of fused-ring (bicyclic) bond motifs is 2. The quantitative estimate of drug-likeness (QED) is 0.799. The van der Waals surface area contributed by atoms with Crippen LogP contribution in [-0.4, -0.2) is 28.5 Å². The van der Waals surface area contributed by atoms with Crippen molar-refractivity contribution in [2.24, 2.45) is 0 Å². The van der Waals surface area contributed by atoms with Crippen molar-refractivity contribution in [2.45, 2.75) is 19.4 Å². The van der Waals surface area contributed by atoms with E-state index in [1.165, 1.54) is 0 Å². The molecule has 1 atom stereocenters. The van der Waals surface area contributed by atoms with Crippen LogP contribution in [0.15, 0.2) is 48.7 Å². The zero-order valence-electron chi connectivity index (χ0n) is 14.1. The number of nitrogens with one attached hydrogen (secondary N) is 1. The van der Waals surface area contributed by atoms with Crippen molar-refractivity contribution >= 4 is 23.0 Å². The summed E-state index contributed by atoms with van der Waals surface area (Å²) in [6.45, 7) is 1.93. The minimum absolute atomic E-state index is 0.0922. The number of likely N-dealkylation sites (N-methyl/N-ethyl adjacent to an activating group) is 1. The van der Waals surface area contributed by atoms with Gasteiger partial charge in [-0.15, -0.1) is 0 Å². The van der Waals surface area contributed by atoms with Crippen LogP contribution in [0.2, 0.25) is 0 Å². The number of amides is 2. The summed E-state index contributed by atoms with van der Waals surface area (Å²) < 4.78 is 1.62. The Morgan fingerprint density at radius 3 is 2.92 bits per heavy atom. The van der Waals surface area contributed by atoms with E-state index >= 15 is 0 Å². The summed E-state index contributed by atoms with van der Waals surface area (Å²) in [5.41, 5.74) is 4.29. The summed E-state index contributed by atoms with van der Waals surface area (Å²) in [4.78, 5) is 26.1. The third kappa shape index (κ3) is 2.55. The van der Waals surface area contributed by atoms with E-state index in [1.807, 2.05) is 43.3 Å². The van der Waals surface area contributed by atoms with E-state index in [0.717, 1.165) is 22.3 Å². The van der Waals surface area contributed by atoms with Crippen LogP contribution in [0.4, 0.5) is 5.69 Å². The molecule has 6 nitrogen and oxygen atoms in total. The Bertz CT molecular complexity index is 992. The minimum atomic E-state index is -0.181. The first kappa shape index (κ1) is 15.4. The van der Waals surface area contributed by atoms with E-state index in [-0.39, 0.29) is 17.9 Å². The van der Waals surface area contributed by atoms with Crippen molar-refractivity contribution in [2.75, 3.05) is 11.9 Å². The van der Waals surface area contributed by atoms with Crippen LogP contribution >= 0.6 is 0 Å². The Hall–Kier alpha value is -3.15. The zero-order valence-corrected chi connectivity index (χ0v) is 14.1. The Morgan fingerprint density at radius 2 is 2.08 bits per heavy atom. The summed E-state index contributed by atoms with van der Waals surface area (Å²) in [7, 11) is 1.78. The molecule has 2 aromatic heterocycles. The number of carbonyl (C=O) groups is 2. The topological polar surface area (TPSA) is 66.7 Å². The Labute approximate surface area is 145 Å². The maximum absolute atomic E-state index is 12.6. The van der Waals surface area contributed by atoms with Gasteiger partial charge in [-0.2, -0.15) is 5.10 Å². The average molecular weight is 334 g/mol. The third-order valence-corrected chi connectivity index (χ3v) is 4.68. The number of hydrogen-bond donors (Lipinski definition) is 1. The lowest BCUT2D eigenvalue weighted by Crippen LogP contribution is -2.28. The van der Waals surface area contributed by atoms with Gasteiger partial charge in [-0.25, -0.2) is 4.52 Å². The fourth-order valence-corrected chi connectivity index (χ4v) is 3.23. The molecule has 4 rings (SSSR count). The van der Waals surface area contributed by atoms with Crippen LogP contribution < -0.4 is 10.2 Å². The second-order valence-electron chi connectivity index (χ2n) is 6.29. The molecule has 3 aromatic rings. The number of hydrogen-bond acceptors (Lipinski definition) is 3. The highest BCUT2D eigenvalue weighted by Gasteiger charge is 2.25. The van der Waals surface area contributed by atoms with Crippen LogP contribution in [0.25, 0.3) is 5.52 Å². The average Bonchev–Trinajstić information content (AvgIpc) is 3.16. The first-order valence-corrected chi connectivity index (χ1v) is 8.17. The molecule has 1 N–H and O–H groups in total. The molecule has 126 valence electrons. The third-order valence-electron chi connectivity index (χ3n) is 4.68. The van der Waals surface area contributed by atoms with E-state index in [4.69, 9.17) is 0 Å². The van der Waals surface area contributed by atoms with Gasteiger partial charge in [0.15, 0.2) is 0 Å².